The standard InChI is InChI=1S/C22H24O7/c1-13(23)22(26)14(2)27-20(12-19(22)28-15(3)24)29-21(25)18-7-5-4-6-17(18)11-10-16-8-9-16/h4-7,14,16,19-20,26H,8-9,12H2,1-3H3/t14?,19-,20+,22+/m0/s1. The SMILES string of the molecule is CC(=O)O[C@H]1C[C@@H](OC(=O)c2ccccc2C#CC2CC2)OC(C)[C@]1(O)C(C)=O. The number of aliphatic hydroxyl groups is 1. The van der Waals surface area contributed by atoms with Crippen molar-refractivity contribution in [3.63, 3.8) is 0 Å². The van der Waals surface area contributed by atoms with Crippen LogP contribution in [0, 0.1) is 17.8 Å². The number of hydrogen-bond donors (Lipinski definition) is 1. The minimum atomic E-state index is -2.01. The van der Waals surface area contributed by atoms with Crippen molar-refractivity contribution in [1.82, 2.24) is 0 Å². The summed E-state index contributed by atoms with van der Waals surface area (Å²) in [6.07, 6.45) is -1.34. The van der Waals surface area contributed by atoms with Crippen LogP contribution in [0.25, 0.3) is 0 Å². The number of benzene rings is 1. The fourth-order valence-corrected chi connectivity index (χ4v) is 3.29. The molecule has 154 valence electrons. The molecule has 1 aliphatic heterocycles. The van der Waals surface area contributed by atoms with E-state index in [2.05, 4.69) is 11.8 Å². The minimum Gasteiger partial charge on any atom is -0.459 e. The molecule has 0 amide bonds. The topological polar surface area (TPSA) is 99.1 Å². The van der Waals surface area contributed by atoms with Gasteiger partial charge in [0.1, 0.15) is 6.10 Å². The average molecular weight is 400 g/mol. The Hall–Kier alpha value is -2.69. The van der Waals surface area contributed by atoms with E-state index in [0.717, 1.165) is 12.8 Å². The average Bonchev–Trinajstić information content (AvgIpc) is 3.48. The highest BCUT2D eigenvalue weighted by Crippen LogP contribution is 2.33. The van der Waals surface area contributed by atoms with E-state index in [0.29, 0.717) is 17.0 Å². The molecule has 3 rings (SSSR count). The lowest BCUT2D eigenvalue weighted by Gasteiger charge is -2.44. The van der Waals surface area contributed by atoms with E-state index in [1.54, 1.807) is 24.3 Å². The molecule has 1 aromatic carbocycles. The van der Waals surface area contributed by atoms with Crippen LogP contribution in [0.3, 0.4) is 0 Å². The van der Waals surface area contributed by atoms with Gasteiger partial charge in [0.05, 0.1) is 18.1 Å². The highest BCUT2D eigenvalue weighted by molar-refractivity contribution is 5.92. The van der Waals surface area contributed by atoms with Crippen LogP contribution < -0.4 is 0 Å². The smallest absolute Gasteiger partial charge is 0.341 e. The third kappa shape index (κ3) is 4.66. The molecule has 7 nitrogen and oxygen atoms in total. The molecule has 2 fully saturated rings. The van der Waals surface area contributed by atoms with Crippen LogP contribution in [-0.4, -0.2) is 46.9 Å². The zero-order valence-corrected chi connectivity index (χ0v) is 16.6. The second-order valence-corrected chi connectivity index (χ2v) is 7.42. The van der Waals surface area contributed by atoms with Gasteiger partial charge in [0, 0.05) is 18.4 Å². The summed E-state index contributed by atoms with van der Waals surface area (Å²) in [5, 5.41) is 10.8. The van der Waals surface area contributed by atoms with Crippen LogP contribution in [0.1, 0.15) is 56.0 Å². The Labute approximate surface area is 169 Å². The summed E-state index contributed by atoms with van der Waals surface area (Å²) in [5.74, 6) is 4.62. The molecule has 0 bridgehead atoms. The van der Waals surface area contributed by atoms with Gasteiger partial charge < -0.3 is 19.3 Å². The molecule has 1 heterocycles. The number of hydrogen-bond acceptors (Lipinski definition) is 7. The van der Waals surface area contributed by atoms with Crippen molar-refractivity contribution < 1.29 is 33.7 Å². The van der Waals surface area contributed by atoms with Gasteiger partial charge in [-0.2, -0.15) is 0 Å². The molecule has 4 atom stereocenters. The van der Waals surface area contributed by atoms with E-state index < -0.39 is 41.8 Å². The van der Waals surface area contributed by atoms with Gasteiger partial charge in [0.2, 0.25) is 6.29 Å². The lowest BCUT2D eigenvalue weighted by atomic mass is 9.83. The molecule has 0 spiro atoms. The van der Waals surface area contributed by atoms with E-state index in [1.807, 2.05) is 0 Å². The van der Waals surface area contributed by atoms with Gasteiger partial charge in [0.25, 0.3) is 0 Å². The molecule has 1 saturated heterocycles. The number of carbonyl (C=O) groups is 3. The van der Waals surface area contributed by atoms with Crippen LogP contribution in [0.5, 0.6) is 0 Å². The van der Waals surface area contributed by atoms with Gasteiger partial charge in [-0.15, -0.1) is 0 Å². The van der Waals surface area contributed by atoms with Gasteiger partial charge in [-0.25, -0.2) is 4.79 Å². The number of rotatable bonds is 4. The first-order chi connectivity index (χ1) is 13.7. The van der Waals surface area contributed by atoms with E-state index in [-0.39, 0.29) is 6.42 Å². The zero-order chi connectivity index (χ0) is 21.2. The quantitative estimate of drug-likeness (QED) is 0.609. The predicted octanol–water partition coefficient (Wildman–Crippen LogP) is 1.99. The Balaban J connectivity index is 1.77. The Kier molecular flexibility index (Phi) is 6.06. The van der Waals surface area contributed by atoms with Crippen molar-refractivity contribution in [2.45, 2.75) is 64.1 Å². The molecule has 0 radical (unpaired) electrons. The summed E-state index contributed by atoms with van der Waals surface area (Å²) in [4.78, 5) is 36.2. The first-order valence-corrected chi connectivity index (χ1v) is 9.59. The van der Waals surface area contributed by atoms with Gasteiger partial charge in [0.15, 0.2) is 11.4 Å². The number of esters is 2. The molecule has 29 heavy (non-hydrogen) atoms. The molecule has 0 aromatic heterocycles. The molecule has 1 aliphatic carbocycles. The second kappa shape index (κ2) is 8.36. The number of ether oxygens (including phenoxy) is 3. The lowest BCUT2D eigenvalue weighted by molar-refractivity contribution is -0.262. The van der Waals surface area contributed by atoms with Gasteiger partial charge in [-0.05, 0) is 38.8 Å². The lowest BCUT2D eigenvalue weighted by Crippen LogP contribution is -2.63. The van der Waals surface area contributed by atoms with Crippen molar-refractivity contribution >= 4 is 17.7 Å². The molecular formula is C22H24O7. The molecule has 1 aromatic rings. The normalized spacial score (nSPS) is 28.6. The third-order valence-corrected chi connectivity index (χ3v) is 5.12. The predicted molar refractivity (Wildman–Crippen MR) is 102 cm³/mol. The molecule has 7 heteroatoms. The molecule has 2 aliphatic rings. The molecule has 1 unspecified atom stereocenters. The van der Waals surface area contributed by atoms with Crippen LogP contribution in [0.4, 0.5) is 0 Å². The molecular weight excluding hydrogens is 376 g/mol. The fraction of sp³-hybridized carbons (Fsp3) is 0.500. The Bertz CT molecular complexity index is 877. The van der Waals surface area contributed by atoms with Crippen molar-refractivity contribution in [3.05, 3.63) is 35.4 Å². The van der Waals surface area contributed by atoms with Crippen molar-refractivity contribution in [3.8, 4) is 11.8 Å². The Morgan fingerprint density at radius 2 is 1.86 bits per heavy atom. The summed E-state index contributed by atoms with van der Waals surface area (Å²) in [5.41, 5.74) is -1.15. The molecule has 1 saturated carbocycles. The van der Waals surface area contributed by atoms with Gasteiger partial charge in [-0.1, -0.05) is 24.0 Å². The summed E-state index contributed by atoms with van der Waals surface area (Å²) in [6.45, 7) is 3.83. The summed E-state index contributed by atoms with van der Waals surface area (Å²) < 4.78 is 16.2. The van der Waals surface area contributed by atoms with Crippen LogP contribution in [-0.2, 0) is 23.8 Å². The van der Waals surface area contributed by atoms with Gasteiger partial charge >= 0.3 is 11.9 Å². The number of Topliss-reactive ketones (excluding diaryl/α,β-unsaturated/α-hetero) is 1. The van der Waals surface area contributed by atoms with E-state index in [1.165, 1.54) is 20.8 Å². The summed E-state index contributed by atoms with van der Waals surface area (Å²) in [7, 11) is 0. The van der Waals surface area contributed by atoms with Crippen molar-refractivity contribution in [1.29, 1.82) is 0 Å². The first-order valence-electron chi connectivity index (χ1n) is 9.59. The molecule has 1 N–H and O–H groups in total. The fourth-order valence-electron chi connectivity index (χ4n) is 3.29. The number of ketones is 1. The Morgan fingerprint density at radius 1 is 1.17 bits per heavy atom. The van der Waals surface area contributed by atoms with E-state index >= 15 is 0 Å². The van der Waals surface area contributed by atoms with Crippen LogP contribution in [0.2, 0.25) is 0 Å². The zero-order valence-electron chi connectivity index (χ0n) is 16.6. The monoisotopic (exact) mass is 400 g/mol. The highest BCUT2D eigenvalue weighted by Gasteiger charge is 2.54. The largest absolute Gasteiger partial charge is 0.459 e. The van der Waals surface area contributed by atoms with Crippen LogP contribution >= 0.6 is 0 Å². The summed E-state index contributed by atoms with van der Waals surface area (Å²) >= 11 is 0. The number of carbonyl (C=O) groups excluding carboxylic acids is 3. The third-order valence-electron chi connectivity index (χ3n) is 5.12. The van der Waals surface area contributed by atoms with Crippen molar-refractivity contribution in [2.24, 2.45) is 5.92 Å². The van der Waals surface area contributed by atoms with Crippen LogP contribution in [0.15, 0.2) is 24.3 Å². The highest BCUT2D eigenvalue weighted by atomic mass is 16.7. The Morgan fingerprint density at radius 3 is 2.48 bits per heavy atom. The van der Waals surface area contributed by atoms with E-state index in [9.17, 15) is 19.5 Å². The van der Waals surface area contributed by atoms with Crippen molar-refractivity contribution in [2.75, 3.05) is 0 Å². The maximum absolute atomic E-state index is 12.7. The van der Waals surface area contributed by atoms with Gasteiger partial charge in [-0.3, -0.25) is 9.59 Å². The second-order valence-electron chi connectivity index (χ2n) is 7.42. The first kappa shape index (κ1) is 21.0. The maximum atomic E-state index is 12.7. The maximum Gasteiger partial charge on any atom is 0.341 e. The van der Waals surface area contributed by atoms with E-state index in [4.69, 9.17) is 14.2 Å². The summed E-state index contributed by atoms with van der Waals surface area (Å²) in [6, 6.07) is 6.85. The minimum absolute atomic E-state index is 0.165.